The summed E-state index contributed by atoms with van der Waals surface area (Å²) in [5.41, 5.74) is -0.244. The van der Waals surface area contributed by atoms with Crippen LogP contribution in [0.1, 0.15) is 23.2 Å². The zero-order valence-electron chi connectivity index (χ0n) is 16.2. The van der Waals surface area contributed by atoms with Crippen molar-refractivity contribution < 1.29 is 27.1 Å². The van der Waals surface area contributed by atoms with Gasteiger partial charge in [-0.15, -0.1) is 0 Å². The van der Waals surface area contributed by atoms with E-state index in [0.717, 1.165) is 25.1 Å². The van der Waals surface area contributed by atoms with Crippen LogP contribution < -0.4 is 20.5 Å². The molecule has 0 aliphatic carbocycles. The number of hydrogen-bond acceptors (Lipinski definition) is 4. The van der Waals surface area contributed by atoms with Crippen LogP contribution >= 0.6 is 0 Å². The second-order valence-electron chi connectivity index (χ2n) is 7.02. The van der Waals surface area contributed by atoms with E-state index in [4.69, 9.17) is 4.74 Å². The molecule has 1 aliphatic heterocycles. The van der Waals surface area contributed by atoms with Gasteiger partial charge < -0.3 is 19.5 Å². The molecule has 1 aliphatic rings. The second kappa shape index (κ2) is 8.76. The van der Waals surface area contributed by atoms with Gasteiger partial charge in [0, 0.05) is 31.0 Å². The van der Waals surface area contributed by atoms with E-state index in [1.54, 1.807) is 12.1 Å². The number of methoxy groups -OCH3 is 1. The van der Waals surface area contributed by atoms with Crippen LogP contribution in [0.15, 0.2) is 41.3 Å². The second-order valence-corrected chi connectivity index (χ2v) is 7.02. The van der Waals surface area contributed by atoms with Crippen LogP contribution in [0.5, 0.6) is 5.75 Å². The number of amides is 1. The van der Waals surface area contributed by atoms with Crippen molar-refractivity contribution in [2.75, 3.05) is 25.1 Å². The minimum absolute atomic E-state index is 0.109. The zero-order chi connectivity index (χ0) is 21.9. The molecule has 1 amide bonds. The minimum atomic E-state index is -4.57. The van der Waals surface area contributed by atoms with Gasteiger partial charge in [-0.3, -0.25) is 9.59 Å². The van der Waals surface area contributed by atoms with Crippen molar-refractivity contribution in [3.8, 4) is 5.75 Å². The molecule has 0 unspecified atom stereocenters. The highest BCUT2D eigenvalue weighted by Crippen LogP contribution is 2.22. The summed E-state index contributed by atoms with van der Waals surface area (Å²) in [6.07, 6.45) is -2.39. The lowest BCUT2D eigenvalue weighted by Crippen LogP contribution is -2.45. The summed E-state index contributed by atoms with van der Waals surface area (Å²) in [5.74, 6) is -1.32. The molecule has 1 aromatic heterocycles. The van der Waals surface area contributed by atoms with Crippen molar-refractivity contribution in [1.82, 2.24) is 9.88 Å². The van der Waals surface area contributed by atoms with E-state index < -0.39 is 29.9 Å². The molecular weight excluding hydrogens is 406 g/mol. The number of nitrogens with one attached hydrogen (secondary N) is 1. The monoisotopic (exact) mass is 427 g/mol. The molecule has 2 aromatic rings. The van der Waals surface area contributed by atoms with E-state index in [9.17, 15) is 27.2 Å². The molecule has 3 rings (SSSR count). The number of pyridine rings is 1. The Morgan fingerprint density at radius 2 is 1.80 bits per heavy atom. The Balaban J connectivity index is 1.66. The van der Waals surface area contributed by atoms with E-state index in [1.165, 1.54) is 12.1 Å². The fraction of sp³-hybridized carbons (Fsp3) is 0.400. The number of carbonyl (C=O) groups is 1. The highest BCUT2D eigenvalue weighted by molar-refractivity contribution is 5.96. The number of piperidine rings is 1. The van der Waals surface area contributed by atoms with E-state index in [-0.39, 0.29) is 17.4 Å². The van der Waals surface area contributed by atoms with Gasteiger partial charge in [-0.1, -0.05) is 0 Å². The first-order valence-electron chi connectivity index (χ1n) is 9.33. The average Bonchev–Trinajstić information content (AvgIpc) is 2.69. The quantitative estimate of drug-likeness (QED) is 0.746. The smallest absolute Gasteiger partial charge is 0.406 e. The number of nitrogens with zero attached hydrogens (tertiary/aromatic N) is 2. The Kier molecular flexibility index (Phi) is 6.33. The molecule has 10 heteroatoms. The van der Waals surface area contributed by atoms with Gasteiger partial charge in [-0.25, -0.2) is 4.39 Å². The first-order chi connectivity index (χ1) is 14.2. The van der Waals surface area contributed by atoms with Crippen molar-refractivity contribution in [2.24, 2.45) is 0 Å². The molecule has 1 saturated heterocycles. The lowest BCUT2D eigenvalue weighted by atomic mass is 10.0. The van der Waals surface area contributed by atoms with Crippen molar-refractivity contribution in [1.29, 1.82) is 0 Å². The summed E-state index contributed by atoms with van der Waals surface area (Å²) < 4.78 is 56.2. The van der Waals surface area contributed by atoms with Gasteiger partial charge in [0.25, 0.3) is 11.5 Å². The number of rotatable bonds is 5. The number of hydrogen-bond donors (Lipinski definition) is 1. The molecule has 0 saturated carbocycles. The third-order valence-electron chi connectivity index (χ3n) is 4.94. The van der Waals surface area contributed by atoms with Gasteiger partial charge in [0.2, 0.25) is 0 Å². The van der Waals surface area contributed by atoms with E-state index in [0.29, 0.717) is 30.5 Å². The molecule has 0 spiro atoms. The number of alkyl halides is 3. The van der Waals surface area contributed by atoms with E-state index in [2.05, 4.69) is 10.2 Å². The van der Waals surface area contributed by atoms with Crippen molar-refractivity contribution >= 4 is 11.6 Å². The first-order valence-corrected chi connectivity index (χ1v) is 9.33. The van der Waals surface area contributed by atoms with Gasteiger partial charge in [0.05, 0.1) is 12.7 Å². The average molecular weight is 427 g/mol. The third kappa shape index (κ3) is 5.11. The van der Waals surface area contributed by atoms with E-state index >= 15 is 0 Å². The van der Waals surface area contributed by atoms with Crippen molar-refractivity contribution in [2.45, 2.75) is 31.6 Å². The lowest BCUT2D eigenvalue weighted by molar-refractivity contribution is -0.141. The van der Waals surface area contributed by atoms with Crippen LogP contribution in [0.3, 0.4) is 0 Å². The molecule has 162 valence electrons. The fourth-order valence-corrected chi connectivity index (χ4v) is 3.44. The standard InChI is InChI=1S/C20H21F4N3O3/c1-30-17-16(8-11-27(19(17)29)12-20(22,23)24)18(28)25-14-6-9-26(10-7-14)15-4-2-13(21)3-5-15/h2-5,8,11,14H,6-7,9-10,12H2,1H3,(H,25,28). The highest BCUT2D eigenvalue weighted by Gasteiger charge is 2.30. The zero-order valence-corrected chi connectivity index (χ0v) is 16.2. The third-order valence-corrected chi connectivity index (χ3v) is 4.94. The van der Waals surface area contributed by atoms with Crippen molar-refractivity contribution in [3.05, 3.63) is 58.3 Å². The van der Waals surface area contributed by atoms with Crippen LogP contribution in [0, 0.1) is 5.82 Å². The summed E-state index contributed by atoms with van der Waals surface area (Å²) in [6, 6.07) is 7.13. The molecule has 1 aromatic carbocycles. The predicted molar refractivity (Wildman–Crippen MR) is 102 cm³/mol. The number of carbonyl (C=O) groups excluding carboxylic acids is 1. The Hall–Kier alpha value is -3.04. The summed E-state index contributed by atoms with van der Waals surface area (Å²) >= 11 is 0. The van der Waals surface area contributed by atoms with Crippen LogP contribution in [0.4, 0.5) is 23.2 Å². The Morgan fingerprint density at radius 3 is 2.37 bits per heavy atom. The maximum Gasteiger partial charge on any atom is 0.406 e. The van der Waals surface area contributed by atoms with E-state index in [1.807, 2.05) is 0 Å². The largest absolute Gasteiger partial charge is 0.491 e. The minimum Gasteiger partial charge on any atom is -0.491 e. The first kappa shape index (κ1) is 21.7. The van der Waals surface area contributed by atoms with Crippen molar-refractivity contribution in [3.63, 3.8) is 0 Å². The maximum absolute atomic E-state index is 13.1. The van der Waals surface area contributed by atoms with Crippen LogP contribution in [-0.4, -0.2) is 42.9 Å². The topological polar surface area (TPSA) is 63.6 Å². The Bertz CT molecular complexity index is 949. The Labute approximate surface area is 170 Å². The summed E-state index contributed by atoms with van der Waals surface area (Å²) in [4.78, 5) is 26.9. The molecule has 2 heterocycles. The molecule has 1 fully saturated rings. The molecule has 30 heavy (non-hydrogen) atoms. The molecule has 0 radical (unpaired) electrons. The summed E-state index contributed by atoms with van der Waals surface area (Å²) in [6.45, 7) is -0.187. The van der Waals surface area contributed by atoms with Crippen LogP contribution in [0.25, 0.3) is 0 Å². The molecule has 0 atom stereocenters. The van der Waals surface area contributed by atoms with Gasteiger partial charge in [0.1, 0.15) is 12.4 Å². The SMILES string of the molecule is COc1c(C(=O)NC2CCN(c3ccc(F)cc3)CC2)ccn(CC(F)(F)F)c1=O. The fourth-order valence-electron chi connectivity index (χ4n) is 3.44. The van der Waals surface area contributed by atoms with Gasteiger partial charge in [-0.2, -0.15) is 13.2 Å². The van der Waals surface area contributed by atoms with Crippen LogP contribution in [-0.2, 0) is 6.54 Å². The number of anilines is 1. The molecule has 0 bridgehead atoms. The Morgan fingerprint density at radius 1 is 1.17 bits per heavy atom. The molecular formula is C20H21F4N3O3. The van der Waals surface area contributed by atoms with Gasteiger partial charge >= 0.3 is 6.18 Å². The number of aromatic nitrogens is 1. The van der Waals surface area contributed by atoms with Gasteiger partial charge in [0.15, 0.2) is 5.75 Å². The van der Waals surface area contributed by atoms with Crippen LogP contribution in [0.2, 0.25) is 0 Å². The molecule has 1 N–H and O–H groups in total. The molecule has 6 nitrogen and oxygen atoms in total. The summed E-state index contributed by atoms with van der Waals surface area (Å²) in [7, 11) is 1.13. The van der Waals surface area contributed by atoms with Gasteiger partial charge in [-0.05, 0) is 43.2 Å². The predicted octanol–water partition coefficient (Wildman–Crippen LogP) is 2.96. The number of benzene rings is 1. The lowest BCUT2D eigenvalue weighted by Gasteiger charge is -2.34. The number of halogens is 4. The number of ether oxygens (including phenoxy) is 1. The maximum atomic E-state index is 13.1. The summed E-state index contributed by atoms with van der Waals surface area (Å²) in [5, 5.41) is 2.81. The normalized spacial score (nSPS) is 15.2. The highest BCUT2D eigenvalue weighted by atomic mass is 19.4.